The summed E-state index contributed by atoms with van der Waals surface area (Å²) in [5.41, 5.74) is 7.12. The maximum Gasteiger partial charge on any atom is 0.292 e. The summed E-state index contributed by atoms with van der Waals surface area (Å²) in [6.07, 6.45) is 0.404. The van der Waals surface area contributed by atoms with Gasteiger partial charge in [-0.15, -0.1) is 5.10 Å². The number of anilines is 1. The lowest BCUT2D eigenvalue weighted by molar-refractivity contribution is -0.383. The van der Waals surface area contributed by atoms with Gasteiger partial charge in [-0.1, -0.05) is 29.3 Å². The van der Waals surface area contributed by atoms with Gasteiger partial charge in [-0.3, -0.25) is 10.1 Å². The minimum Gasteiger partial charge on any atom is -0.495 e. The van der Waals surface area contributed by atoms with E-state index in [2.05, 4.69) is 10.2 Å². The van der Waals surface area contributed by atoms with Crippen LogP contribution < -0.4 is 10.5 Å². The van der Waals surface area contributed by atoms with Crippen molar-refractivity contribution < 1.29 is 9.66 Å². The Labute approximate surface area is 152 Å². The first-order valence-corrected chi connectivity index (χ1v) is 7.88. The van der Waals surface area contributed by atoms with Gasteiger partial charge >= 0.3 is 0 Å². The lowest BCUT2D eigenvalue weighted by Gasteiger charge is -2.10. The Hall–Kier alpha value is -2.64. The van der Waals surface area contributed by atoms with Crippen LogP contribution in [0.5, 0.6) is 5.75 Å². The molecule has 0 aliphatic heterocycles. The maximum absolute atomic E-state index is 11.1. The fourth-order valence-electron chi connectivity index (χ4n) is 2.58. The molecule has 0 bridgehead atoms. The van der Waals surface area contributed by atoms with Crippen LogP contribution in [-0.4, -0.2) is 22.2 Å². The standard InChI is InChI=1S/C16H12Cl2N4O3/c1-25-13-5-2-8(6-10(13)17)7-11-9-3-4-12(22(23)24)15(19)14(9)16(18)21-20-11/h2-6H,7,19H2,1H3. The van der Waals surface area contributed by atoms with E-state index < -0.39 is 4.92 Å². The normalized spacial score (nSPS) is 10.8. The van der Waals surface area contributed by atoms with Crippen molar-refractivity contribution in [1.82, 2.24) is 10.2 Å². The maximum atomic E-state index is 11.1. The highest BCUT2D eigenvalue weighted by molar-refractivity contribution is 6.35. The molecule has 0 radical (unpaired) electrons. The monoisotopic (exact) mass is 378 g/mol. The molecular formula is C16H12Cl2N4O3. The van der Waals surface area contributed by atoms with Gasteiger partial charge in [-0.05, 0) is 23.8 Å². The molecule has 9 heteroatoms. The Balaban J connectivity index is 2.11. The SMILES string of the molecule is COc1ccc(Cc2nnc(Cl)c3c(N)c([N+](=O)[O-])ccc23)cc1Cl. The van der Waals surface area contributed by atoms with Crippen molar-refractivity contribution in [3.63, 3.8) is 0 Å². The Morgan fingerprint density at radius 3 is 2.64 bits per heavy atom. The zero-order chi connectivity index (χ0) is 18.1. The van der Waals surface area contributed by atoms with Crippen LogP contribution in [0.25, 0.3) is 10.8 Å². The van der Waals surface area contributed by atoms with Gasteiger partial charge in [0.05, 0.1) is 28.1 Å². The second-order valence-electron chi connectivity index (χ2n) is 5.26. The van der Waals surface area contributed by atoms with E-state index in [9.17, 15) is 10.1 Å². The van der Waals surface area contributed by atoms with Crippen molar-refractivity contribution >= 4 is 45.3 Å². The van der Waals surface area contributed by atoms with E-state index in [-0.39, 0.29) is 16.5 Å². The van der Waals surface area contributed by atoms with E-state index in [1.54, 1.807) is 18.2 Å². The van der Waals surface area contributed by atoms with Gasteiger partial charge in [0.2, 0.25) is 0 Å². The lowest BCUT2D eigenvalue weighted by Crippen LogP contribution is -2.02. The molecule has 25 heavy (non-hydrogen) atoms. The van der Waals surface area contributed by atoms with Gasteiger partial charge in [0, 0.05) is 17.9 Å². The third-order valence-electron chi connectivity index (χ3n) is 3.78. The molecule has 0 unspecified atom stereocenters. The first kappa shape index (κ1) is 17.2. The number of nitro benzene ring substituents is 1. The van der Waals surface area contributed by atoms with Gasteiger partial charge in [0.1, 0.15) is 11.4 Å². The Morgan fingerprint density at radius 2 is 2.00 bits per heavy atom. The van der Waals surface area contributed by atoms with Gasteiger partial charge in [0.25, 0.3) is 5.69 Å². The second-order valence-corrected chi connectivity index (χ2v) is 6.03. The van der Waals surface area contributed by atoms with E-state index in [1.807, 2.05) is 6.07 Å². The predicted molar refractivity (Wildman–Crippen MR) is 96.4 cm³/mol. The highest BCUT2D eigenvalue weighted by atomic mass is 35.5. The molecule has 2 aromatic carbocycles. The van der Waals surface area contributed by atoms with E-state index in [0.717, 1.165) is 5.56 Å². The fraction of sp³-hybridized carbons (Fsp3) is 0.125. The molecule has 0 spiro atoms. The molecule has 3 rings (SSSR count). The summed E-state index contributed by atoms with van der Waals surface area (Å²) >= 11 is 12.2. The minimum absolute atomic E-state index is 0.0210. The van der Waals surface area contributed by atoms with E-state index in [1.165, 1.54) is 13.2 Å². The third kappa shape index (κ3) is 3.16. The lowest BCUT2D eigenvalue weighted by atomic mass is 10.0. The van der Waals surface area contributed by atoms with E-state index >= 15 is 0 Å². The minimum atomic E-state index is -0.561. The first-order chi connectivity index (χ1) is 11.9. The van der Waals surface area contributed by atoms with Crippen LogP contribution >= 0.6 is 23.2 Å². The quantitative estimate of drug-likeness (QED) is 0.417. The number of nitro groups is 1. The van der Waals surface area contributed by atoms with Crippen LogP contribution in [0.15, 0.2) is 30.3 Å². The highest BCUT2D eigenvalue weighted by Crippen LogP contribution is 2.35. The third-order valence-corrected chi connectivity index (χ3v) is 4.34. The summed E-state index contributed by atoms with van der Waals surface area (Å²) in [6.45, 7) is 0. The highest BCUT2D eigenvalue weighted by Gasteiger charge is 2.19. The molecule has 1 heterocycles. The first-order valence-electron chi connectivity index (χ1n) is 7.12. The van der Waals surface area contributed by atoms with Crippen molar-refractivity contribution in [3.8, 4) is 5.75 Å². The van der Waals surface area contributed by atoms with Crippen LogP contribution in [0.4, 0.5) is 11.4 Å². The van der Waals surface area contributed by atoms with Crippen LogP contribution in [-0.2, 0) is 6.42 Å². The van der Waals surface area contributed by atoms with E-state index in [4.69, 9.17) is 33.7 Å². The number of methoxy groups -OCH3 is 1. The number of nitrogens with zero attached hydrogens (tertiary/aromatic N) is 3. The number of nitrogen functional groups attached to an aromatic ring is 1. The zero-order valence-electron chi connectivity index (χ0n) is 13.0. The molecule has 2 N–H and O–H groups in total. The zero-order valence-corrected chi connectivity index (χ0v) is 14.5. The number of hydrogen-bond donors (Lipinski definition) is 1. The van der Waals surface area contributed by atoms with Crippen LogP contribution in [0.2, 0.25) is 10.2 Å². The average molecular weight is 379 g/mol. The molecule has 0 aliphatic carbocycles. The summed E-state index contributed by atoms with van der Waals surface area (Å²) in [7, 11) is 1.54. The van der Waals surface area contributed by atoms with Crippen LogP contribution in [0, 0.1) is 10.1 Å². The second kappa shape index (κ2) is 6.70. The molecular weight excluding hydrogens is 367 g/mol. The van der Waals surface area contributed by atoms with Crippen molar-refractivity contribution in [3.05, 3.63) is 61.9 Å². The number of ether oxygens (including phenoxy) is 1. The molecule has 7 nitrogen and oxygen atoms in total. The molecule has 1 aromatic heterocycles. The molecule has 0 atom stereocenters. The van der Waals surface area contributed by atoms with E-state index in [0.29, 0.717) is 33.7 Å². The molecule has 3 aromatic rings. The Kier molecular flexibility index (Phi) is 4.61. The predicted octanol–water partition coefficient (Wildman–Crippen LogP) is 4.03. The van der Waals surface area contributed by atoms with Crippen molar-refractivity contribution in [2.45, 2.75) is 6.42 Å². The average Bonchev–Trinajstić information content (AvgIpc) is 2.57. The fourth-order valence-corrected chi connectivity index (χ4v) is 3.10. The van der Waals surface area contributed by atoms with Gasteiger partial charge in [-0.2, -0.15) is 5.10 Å². The molecule has 0 saturated carbocycles. The summed E-state index contributed by atoms with van der Waals surface area (Å²) in [5.74, 6) is 0.567. The number of aromatic nitrogens is 2. The summed E-state index contributed by atoms with van der Waals surface area (Å²) < 4.78 is 5.13. The number of hydrogen-bond acceptors (Lipinski definition) is 6. The topological polar surface area (TPSA) is 104 Å². The molecule has 0 aliphatic rings. The van der Waals surface area contributed by atoms with Crippen molar-refractivity contribution in [2.24, 2.45) is 0 Å². The number of halogens is 2. The van der Waals surface area contributed by atoms with Gasteiger partial charge < -0.3 is 10.5 Å². The van der Waals surface area contributed by atoms with Gasteiger partial charge in [0.15, 0.2) is 5.15 Å². The molecule has 0 saturated heterocycles. The van der Waals surface area contributed by atoms with Crippen LogP contribution in [0.1, 0.15) is 11.3 Å². The Morgan fingerprint density at radius 1 is 1.24 bits per heavy atom. The number of benzene rings is 2. The van der Waals surface area contributed by atoms with Crippen molar-refractivity contribution in [2.75, 3.05) is 12.8 Å². The summed E-state index contributed by atoms with van der Waals surface area (Å²) in [4.78, 5) is 10.5. The number of nitrogens with two attached hydrogens (primary N) is 1. The largest absolute Gasteiger partial charge is 0.495 e. The number of fused-ring (bicyclic) bond motifs is 1. The smallest absolute Gasteiger partial charge is 0.292 e. The summed E-state index contributed by atoms with van der Waals surface area (Å²) in [6, 6.07) is 8.27. The van der Waals surface area contributed by atoms with Crippen molar-refractivity contribution in [1.29, 1.82) is 0 Å². The summed E-state index contributed by atoms with van der Waals surface area (Å²) in [5, 5.41) is 20.5. The molecule has 0 fully saturated rings. The number of rotatable bonds is 4. The van der Waals surface area contributed by atoms with Crippen LogP contribution in [0.3, 0.4) is 0 Å². The van der Waals surface area contributed by atoms with Gasteiger partial charge in [-0.25, -0.2) is 0 Å². The Bertz CT molecular complexity index is 995. The molecule has 0 amide bonds. The molecule has 128 valence electrons.